The maximum atomic E-state index is 9.06. The van der Waals surface area contributed by atoms with E-state index < -0.39 is 0 Å². The van der Waals surface area contributed by atoms with Gasteiger partial charge in [0.25, 0.3) is 0 Å². The minimum atomic E-state index is 0.0194. The van der Waals surface area contributed by atoms with Gasteiger partial charge in [-0.1, -0.05) is 17.7 Å². The van der Waals surface area contributed by atoms with Gasteiger partial charge < -0.3 is 10.4 Å². The maximum absolute atomic E-state index is 9.06. The third-order valence-electron chi connectivity index (χ3n) is 2.34. The number of halogens is 1. The third-order valence-corrected chi connectivity index (χ3v) is 3.58. The molecule has 2 N–H and O–H groups in total. The second-order valence-corrected chi connectivity index (χ2v) is 5.40. The molecular formula is C12H13ClN2OS. The Morgan fingerprint density at radius 2 is 2.29 bits per heavy atom. The van der Waals surface area contributed by atoms with Crippen molar-refractivity contribution >= 4 is 28.6 Å². The molecule has 0 saturated heterocycles. The fourth-order valence-corrected chi connectivity index (χ4v) is 2.39. The van der Waals surface area contributed by atoms with Gasteiger partial charge in [0.05, 0.1) is 28.9 Å². The van der Waals surface area contributed by atoms with Crippen molar-refractivity contribution in [3.63, 3.8) is 0 Å². The van der Waals surface area contributed by atoms with Crippen molar-refractivity contribution in [3.8, 4) is 0 Å². The molecule has 0 amide bonds. The molecule has 0 saturated carbocycles. The minimum Gasteiger partial charge on any atom is -0.392 e. The summed E-state index contributed by atoms with van der Waals surface area (Å²) >= 11 is 7.72. The zero-order chi connectivity index (χ0) is 12.3. The number of rotatable bonds is 4. The van der Waals surface area contributed by atoms with Gasteiger partial charge >= 0.3 is 0 Å². The number of anilines is 1. The summed E-state index contributed by atoms with van der Waals surface area (Å²) in [6.45, 7) is 2.69. The number of thiazole rings is 1. The van der Waals surface area contributed by atoms with Crippen LogP contribution in [0.2, 0.25) is 5.02 Å². The van der Waals surface area contributed by atoms with E-state index in [9.17, 15) is 0 Å². The van der Waals surface area contributed by atoms with E-state index >= 15 is 0 Å². The van der Waals surface area contributed by atoms with Gasteiger partial charge in [0.2, 0.25) is 0 Å². The van der Waals surface area contributed by atoms with Crippen LogP contribution in [0.4, 0.5) is 5.69 Å². The standard InChI is InChI=1S/C12H13ClN2OS/c1-8-14-5-10(17-8)6-15-12-4-9(7-16)2-3-11(12)13/h2-5,15-16H,6-7H2,1H3. The summed E-state index contributed by atoms with van der Waals surface area (Å²) in [5.41, 5.74) is 1.68. The SMILES string of the molecule is Cc1ncc(CNc2cc(CO)ccc2Cl)s1. The van der Waals surface area contributed by atoms with Gasteiger partial charge in [-0.25, -0.2) is 4.98 Å². The average Bonchev–Trinajstić information content (AvgIpc) is 2.74. The highest BCUT2D eigenvalue weighted by molar-refractivity contribution is 7.11. The van der Waals surface area contributed by atoms with Crippen LogP contribution in [0.3, 0.4) is 0 Å². The summed E-state index contributed by atoms with van der Waals surface area (Å²) in [6.07, 6.45) is 1.86. The number of benzene rings is 1. The van der Waals surface area contributed by atoms with Gasteiger partial charge in [-0.3, -0.25) is 0 Å². The minimum absolute atomic E-state index is 0.0194. The largest absolute Gasteiger partial charge is 0.392 e. The number of nitrogens with zero attached hydrogens (tertiary/aromatic N) is 1. The van der Waals surface area contributed by atoms with Crippen LogP contribution in [0.25, 0.3) is 0 Å². The predicted octanol–water partition coefficient (Wildman–Crippen LogP) is 3.21. The van der Waals surface area contributed by atoms with Crippen LogP contribution >= 0.6 is 22.9 Å². The second-order valence-electron chi connectivity index (χ2n) is 3.67. The topological polar surface area (TPSA) is 45.2 Å². The first-order valence-corrected chi connectivity index (χ1v) is 6.43. The van der Waals surface area contributed by atoms with E-state index in [0.29, 0.717) is 11.6 Å². The van der Waals surface area contributed by atoms with Crippen molar-refractivity contribution in [1.82, 2.24) is 4.98 Å². The molecule has 0 bridgehead atoms. The molecule has 17 heavy (non-hydrogen) atoms. The zero-order valence-corrected chi connectivity index (χ0v) is 11.0. The molecule has 90 valence electrons. The van der Waals surface area contributed by atoms with Gasteiger partial charge in [0.1, 0.15) is 0 Å². The Morgan fingerprint density at radius 1 is 1.47 bits per heavy atom. The van der Waals surface area contributed by atoms with Gasteiger partial charge in [-0.15, -0.1) is 11.3 Å². The van der Waals surface area contributed by atoms with Gasteiger partial charge in [0, 0.05) is 11.1 Å². The molecule has 0 radical (unpaired) electrons. The molecule has 0 aliphatic carbocycles. The molecule has 0 unspecified atom stereocenters. The molecule has 0 aliphatic heterocycles. The summed E-state index contributed by atoms with van der Waals surface area (Å²) < 4.78 is 0. The van der Waals surface area contributed by atoms with E-state index in [0.717, 1.165) is 21.1 Å². The molecule has 3 nitrogen and oxygen atoms in total. The third kappa shape index (κ3) is 3.19. The predicted molar refractivity (Wildman–Crippen MR) is 71.6 cm³/mol. The maximum Gasteiger partial charge on any atom is 0.0897 e. The van der Waals surface area contributed by atoms with Crippen LogP contribution in [0.15, 0.2) is 24.4 Å². The molecule has 5 heteroatoms. The molecule has 1 heterocycles. The smallest absolute Gasteiger partial charge is 0.0897 e. The first-order valence-electron chi connectivity index (χ1n) is 5.23. The van der Waals surface area contributed by atoms with Crippen molar-refractivity contribution < 1.29 is 5.11 Å². The first-order chi connectivity index (χ1) is 8.19. The molecule has 1 aromatic carbocycles. The zero-order valence-electron chi connectivity index (χ0n) is 9.40. The Labute approximate surface area is 109 Å². The summed E-state index contributed by atoms with van der Waals surface area (Å²) in [4.78, 5) is 5.35. The summed E-state index contributed by atoms with van der Waals surface area (Å²) in [5, 5.41) is 14.0. The van der Waals surface area contributed by atoms with Crippen LogP contribution in [0, 0.1) is 6.92 Å². The molecule has 0 atom stereocenters. The highest BCUT2D eigenvalue weighted by Crippen LogP contribution is 2.24. The second kappa shape index (κ2) is 5.49. The summed E-state index contributed by atoms with van der Waals surface area (Å²) in [6, 6.07) is 5.45. The molecule has 2 rings (SSSR count). The average molecular weight is 269 g/mol. The quantitative estimate of drug-likeness (QED) is 0.895. The van der Waals surface area contributed by atoms with Crippen LogP contribution in [-0.2, 0) is 13.2 Å². The monoisotopic (exact) mass is 268 g/mol. The van der Waals surface area contributed by atoms with Crippen molar-refractivity contribution in [3.05, 3.63) is 44.9 Å². The van der Waals surface area contributed by atoms with Crippen LogP contribution in [0.1, 0.15) is 15.4 Å². The Bertz CT molecular complexity index is 513. The lowest BCUT2D eigenvalue weighted by Crippen LogP contribution is -1.99. The fourth-order valence-electron chi connectivity index (χ4n) is 1.48. The van der Waals surface area contributed by atoms with Crippen LogP contribution < -0.4 is 5.32 Å². The van der Waals surface area contributed by atoms with Crippen LogP contribution in [0.5, 0.6) is 0 Å². The Balaban J connectivity index is 2.07. The Hall–Kier alpha value is -1.10. The number of nitrogens with one attached hydrogen (secondary N) is 1. The summed E-state index contributed by atoms with van der Waals surface area (Å²) in [7, 11) is 0. The number of aryl methyl sites for hydroxylation is 1. The van der Waals surface area contributed by atoms with E-state index in [2.05, 4.69) is 10.3 Å². The lowest BCUT2D eigenvalue weighted by atomic mass is 10.2. The highest BCUT2D eigenvalue weighted by Gasteiger charge is 2.03. The van der Waals surface area contributed by atoms with E-state index in [1.165, 1.54) is 0 Å². The number of aliphatic hydroxyl groups excluding tert-OH is 1. The fraction of sp³-hybridized carbons (Fsp3) is 0.250. The molecule has 0 aliphatic rings. The van der Waals surface area contributed by atoms with E-state index in [1.54, 1.807) is 17.4 Å². The molecule has 2 aromatic rings. The Kier molecular flexibility index (Phi) is 3.99. The van der Waals surface area contributed by atoms with Gasteiger partial charge in [-0.2, -0.15) is 0 Å². The van der Waals surface area contributed by atoms with E-state index in [-0.39, 0.29) is 6.61 Å². The number of hydrogen-bond acceptors (Lipinski definition) is 4. The lowest BCUT2D eigenvalue weighted by Gasteiger charge is -2.08. The first kappa shape index (κ1) is 12.4. The highest BCUT2D eigenvalue weighted by atomic mass is 35.5. The van der Waals surface area contributed by atoms with Crippen molar-refractivity contribution in [2.75, 3.05) is 5.32 Å². The molecule has 0 spiro atoms. The van der Waals surface area contributed by atoms with Gasteiger partial charge in [0.15, 0.2) is 0 Å². The number of aromatic nitrogens is 1. The van der Waals surface area contributed by atoms with Crippen molar-refractivity contribution in [1.29, 1.82) is 0 Å². The Morgan fingerprint density at radius 3 is 2.94 bits per heavy atom. The summed E-state index contributed by atoms with van der Waals surface area (Å²) in [5.74, 6) is 0. The molecule has 1 aromatic heterocycles. The normalized spacial score (nSPS) is 10.5. The van der Waals surface area contributed by atoms with Crippen molar-refractivity contribution in [2.24, 2.45) is 0 Å². The number of aliphatic hydroxyl groups is 1. The van der Waals surface area contributed by atoms with E-state index in [1.807, 2.05) is 25.3 Å². The number of hydrogen-bond donors (Lipinski definition) is 2. The molecular weight excluding hydrogens is 256 g/mol. The van der Waals surface area contributed by atoms with Crippen LogP contribution in [-0.4, -0.2) is 10.1 Å². The van der Waals surface area contributed by atoms with Gasteiger partial charge in [-0.05, 0) is 24.6 Å². The van der Waals surface area contributed by atoms with E-state index in [4.69, 9.17) is 16.7 Å². The lowest BCUT2D eigenvalue weighted by molar-refractivity contribution is 0.282. The molecule has 0 fully saturated rings. The van der Waals surface area contributed by atoms with Crippen molar-refractivity contribution in [2.45, 2.75) is 20.1 Å².